The molecular formula is C10H8N2S. The van der Waals surface area contributed by atoms with E-state index in [1.54, 1.807) is 11.3 Å². The van der Waals surface area contributed by atoms with E-state index in [9.17, 15) is 0 Å². The molecule has 2 heterocycles. The number of benzene rings is 1. The summed E-state index contributed by atoms with van der Waals surface area (Å²) in [7, 11) is 0. The lowest BCUT2D eigenvalue weighted by molar-refractivity contribution is 1.12. The van der Waals surface area contributed by atoms with Crippen molar-refractivity contribution < 1.29 is 0 Å². The maximum atomic E-state index is 4.04. The largest absolute Gasteiger partial charge is 0.278 e. The number of hydrogen-bond acceptors (Lipinski definition) is 2. The minimum absolute atomic E-state index is 1.13. The van der Waals surface area contributed by atoms with Gasteiger partial charge in [0.2, 0.25) is 0 Å². The standard InChI is InChI=1S/C10H8N2S/c1-6-7-2-3-13-10(7)4-9-8(6)5-11-12-9/h2-5H,1H3,(H,11,12). The summed E-state index contributed by atoms with van der Waals surface area (Å²) in [4.78, 5) is 0. The molecule has 0 saturated heterocycles. The Labute approximate surface area is 79.2 Å². The van der Waals surface area contributed by atoms with Gasteiger partial charge < -0.3 is 0 Å². The molecule has 3 aromatic rings. The highest BCUT2D eigenvalue weighted by molar-refractivity contribution is 7.17. The molecule has 0 fully saturated rings. The van der Waals surface area contributed by atoms with Gasteiger partial charge in [-0.2, -0.15) is 5.10 Å². The Morgan fingerprint density at radius 3 is 3.23 bits per heavy atom. The van der Waals surface area contributed by atoms with E-state index in [0.29, 0.717) is 0 Å². The average Bonchev–Trinajstić information content (AvgIpc) is 2.71. The van der Waals surface area contributed by atoms with Crippen LogP contribution in [-0.4, -0.2) is 10.2 Å². The van der Waals surface area contributed by atoms with Crippen LogP contribution in [0.2, 0.25) is 0 Å². The van der Waals surface area contributed by atoms with E-state index < -0.39 is 0 Å². The molecule has 0 aliphatic carbocycles. The zero-order valence-electron chi connectivity index (χ0n) is 7.16. The van der Waals surface area contributed by atoms with Crippen molar-refractivity contribution in [3.8, 4) is 0 Å². The molecule has 3 heteroatoms. The van der Waals surface area contributed by atoms with Crippen molar-refractivity contribution in [2.75, 3.05) is 0 Å². The van der Waals surface area contributed by atoms with Gasteiger partial charge in [0.1, 0.15) is 0 Å². The van der Waals surface area contributed by atoms with Gasteiger partial charge in [-0.1, -0.05) is 0 Å². The third kappa shape index (κ3) is 0.848. The van der Waals surface area contributed by atoms with Crippen LogP contribution in [-0.2, 0) is 0 Å². The van der Waals surface area contributed by atoms with Crippen molar-refractivity contribution in [2.45, 2.75) is 6.92 Å². The van der Waals surface area contributed by atoms with E-state index >= 15 is 0 Å². The summed E-state index contributed by atoms with van der Waals surface area (Å²) in [6.45, 7) is 2.15. The van der Waals surface area contributed by atoms with Crippen LogP contribution in [0.4, 0.5) is 0 Å². The lowest BCUT2D eigenvalue weighted by Gasteiger charge is -1.97. The Morgan fingerprint density at radius 2 is 2.31 bits per heavy atom. The number of aromatic nitrogens is 2. The Balaban J connectivity index is 2.67. The molecule has 2 nitrogen and oxygen atoms in total. The van der Waals surface area contributed by atoms with Gasteiger partial charge in [0.05, 0.1) is 11.7 Å². The van der Waals surface area contributed by atoms with Crippen molar-refractivity contribution in [1.82, 2.24) is 10.2 Å². The molecule has 0 saturated carbocycles. The summed E-state index contributed by atoms with van der Waals surface area (Å²) in [6, 6.07) is 4.33. The number of fused-ring (bicyclic) bond motifs is 2. The van der Waals surface area contributed by atoms with Crippen LogP contribution in [0.1, 0.15) is 5.56 Å². The lowest BCUT2D eigenvalue weighted by Crippen LogP contribution is -1.75. The van der Waals surface area contributed by atoms with Crippen LogP contribution in [0.15, 0.2) is 23.7 Å². The summed E-state index contributed by atoms with van der Waals surface area (Å²) in [5.41, 5.74) is 2.45. The molecule has 3 rings (SSSR count). The highest BCUT2D eigenvalue weighted by atomic mass is 32.1. The minimum atomic E-state index is 1.13. The number of hydrogen-bond donors (Lipinski definition) is 1. The Bertz CT molecular complexity index is 528. The van der Waals surface area contributed by atoms with E-state index in [1.807, 2.05) is 6.20 Å². The summed E-state index contributed by atoms with van der Waals surface area (Å²) >= 11 is 1.77. The topological polar surface area (TPSA) is 28.7 Å². The van der Waals surface area contributed by atoms with Crippen LogP contribution in [0.25, 0.3) is 21.0 Å². The van der Waals surface area contributed by atoms with Crippen LogP contribution >= 0.6 is 11.3 Å². The Kier molecular flexibility index (Phi) is 1.27. The molecule has 0 aliphatic rings. The third-order valence-electron chi connectivity index (χ3n) is 2.45. The zero-order valence-corrected chi connectivity index (χ0v) is 7.98. The van der Waals surface area contributed by atoms with Crippen molar-refractivity contribution in [3.63, 3.8) is 0 Å². The second-order valence-corrected chi connectivity index (χ2v) is 4.11. The predicted molar refractivity (Wildman–Crippen MR) is 56.2 cm³/mol. The summed E-state index contributed by atoms with van der Waals surface area (Å²) in [6.07, 6.45) is 1.89. The highest BCUT2D eigenvalue weighted by Crippen LogP contribution is 2.29. The molecule has 0 bridgehead atoms. The molecular weight excluding hydrogens is 180 g/mol. The van der Waals surface area contributed by atoms with Crippen molar-refractivity contribution in [3.05, 3.63) is 29.3 Å². The van der Waals surface area contributed by atoms with Gasteiger partial charge in [-0.15, -0.1) is 11.3 Å². The fourth-order valence-electron chi connectivity index (χ4n) is 1.72. The molecule has 0 aliphatic heterocycles. The molecule has 0 unspecified atom stereocenters. The summed E-state index contributed by atoms with van der Waals surface area (Å²) in [5.74, 6) is 0. The zero-order chi connectivity index (χ0) is 8.84. The first-order valence-electron chi connectivity index (χ1n) is 4.16. The van der Waals surface area contributed by atoms with Gasteiger partial charge in [-0.05, 0) is 35.4 Å². The van der Waals surface area contributed by atoms with Gasteiger partial charge in [-0.3, -0.25) is 5.10 Å². The Morgan fingerprint density at radius 1 is 1.38 bits per heavy atom. The van der Waals surface area contributed by atoms with Crippen molar-refractivity contribution in [1.29, 1.82) is 0 Å². The molecule has 0 atom stereocenters. The highest BCUT2D eigenvalue weighted by Gasteiger charge is 2.05. The molecule has 0 spiro atoms. The number of nitrogens with one attached hydrogen (secondary N) is 1. The fraction of sp³-hybridized carbons (Fsp3) is 0.100. The van der Waals surface area contributed by atoms with Crippen LogP contribution in [0.5, 0.6) is 0 Å². The normalized spacial score (nSPS) is 11.5. The van der Waals surface area contributed by atoms with E-state index in [0.717, 1.165) is 5.52 Å². The quantitative estimate of drug-likeness (QED) is 0.577. The first kappa shape index (κ1) is 7.09. The van der Waals surface area contributed by atoms with Crippen molar-refractivity contribution in [2.24, 2.45) is 0 Å². The maximum Gasteiger partial charge on any atom is 0.0667 e. The lowest BCUT2D eigenvalue weighted by atomic mass is 10.1. The van der Waals surface area contributed by atoms with Crippen molar-refractivity contribution >= 4 is 32.3 Å². The fourth-order valence-corrected chi connectivity index (χ4v) is 2.61. The second kappa shape index (κ2) is 2.33. The number of aromatic amines is 1. The third-order valence-corrected chi connectivity index (χ3v) is 3.31. The van der Waals surface area contributed by atoms with Gasteiger partial charge in [-0.25, -0.2) is 0 Å². The van der Waals surface area contributed by atoms with Gasteiger partial charge in [0.15, 0.2) is 0 Å². The number of nitrogens with zero attached hydrogens (tertiary/aromatic N) is 1. The van der Waals surface area contributed by atoms with Gasteiger partial charge in [0, 0.05) is 10.1 Å². The molecule has 1 N–H and O–H groups in total. The number of H-pyrrole nitrogens is 1. The number of thiophene rings is 1. The van der Waals surface area contributed by atoms with E-state index in [-0.39, 0.29) is 0 Å². The van der Waals surface area contributed by atoms with Gasteiger partial charge >= 0.3 is 0 Å². The summed E-state index contributed by atoms with van der Waals surface area (Å²) in [5, 5.41) is 11.7. The van der Waals surface area contributed by atoms with E-state index in [1.165, 1.54) is 21.0 Å². The summed E-state index contributed by atoms with van der Waals surface area (Å²) < 4.78 is 1.33. The van der Waals surface area contributed by atoms with Crippen LogP contribution in [0.3, 0.4) is 0 Å². The smallest absolute Gasteiger partial charge is 0.0667 e. The van der Waals surface area contributed by atoms with Crippen LogP contribution < -0.4 is 0 Å². The maximum absolute atomic E-state index is 4.04. The molecule has 0 amide bonds. The molecule has 64 valence electrons. The van der Waals surface area contributed by atoms with E-state index in [4.69, 9.17) is 0 Å². The monoisotopic (exact) mass is 188 g/mol. The molecule has 2 aromatic heterocycles. The Hall–Kier alpha value is -1.35. The first-order chi connectivity index (χ1) is 6.36. The average molecular weight is 188 g/mol. The molecule has 0 radical (unpaired) electrons. The number of aryl methyl sites for hydroxylation is 1. The predicted octanol–water partition coefficient (Wildman–Crippen LogP) is 3.09. The molecule has 13 heavy (non-hydrogen) atoms. The van der Waals surface area contributed by atoms with E-state index in [2.05, 4.69) is 34.6 Å². The second-order valence-electron chi connectivity index (χ2n) is 3.17. The molecule has 1 aromatic carbocycles. The van der Waals surface area contributed by atoms with Gasteiger partial charge in [0.25, 0.3) is 0 Å². The minimum Gasteiger partial charge on any atom is -0.278 e. The number of rotatable bonds is 0. The SMILES string of the molecule is Cc1c2cn[nH]c2cc2sccc12. The first-order valence-corrected chi connectivity index (χ1v) is 5.04. The van der Waals surface area contributed by atoms with Crippen LogP contribution in [0, 0.1) is 6.92 Å².